The van der Waals surface area contributed by atoms with Crippen molar-refractivity contribution in [3.05, 3.63) is 0 Å². The summed E-state index contributed by atoms with van der Waals surface area (Å²) in [5, 5.41) is 11.7. The van der Waals surface area contributed by atoms with Gasteiger partial charge in [0.15, 0.2) is 4.34 Å². The maximum absolute atomic E-state index is 12.0. The van der Waals surface area contributed by atoms with Gasteiger partial charge in [0.25, 0.3) is 0 Å². The molecule has 1 aliphatic rings. The zero-order chi connectivity index (χ0) is 16.1. The van der Waals surface area contributed by atoms with Gasteiger partial charge in [-0.3, -0.25) is 14.5 Å². The summed E-state index contributed by atoms with van der Waals surface area (Å²) < 4.78 is 0.726. The molecule has 1 aromatic heterocycles. The summed E-state index contributed by atoms with van der Waals surface area (Å²) in [5.41, 5.74) is 0. The lowest BCUT2D eigenvalue weighted by Crippen LogP contribution is -2.32. The average molecular weight is 342 g/mol. The van der Waals surface area contributed by atoms with Gasteiger partial charge < -0.3 is 5.32 Å². The highest BCUT2D eigenvalue weighted by molar-refractivity contribution is 8.01. The van der Waals surface area contributed by atoms with Crippen molar-refractivity contribution in [2.75, 3.05) is 17.2 Å². The molecule has 0 saturated heterocycles. The molecule has 0 unspecified atom stereocenters. The van der Waals surface area contributed by atoms with Crippen molar-refractivity contribution in [3.8, 4) is 0 Å². The maximum Gasteiger partial charge on any atom is 0.230 e. The lowest BCUT2D eigenvalue weighted by atomic mass is 10.2. The van der Waals surface area contributed by atoms with Crippen LogP contribution in [0.3, 0.4) is 0 Å². The Labute approximate surface area is 139 Å². The molecule has 1 heterocycles. The molecular weight excluding hydrogens is 320 g/mol. The Morgan fingerprint density at radius 1 is 1.41 bits per heavy atom. The van der Waals surface area contributed by atoms with Crippen molar-refractivity contribution in [2.24, 2.45) is 5.92 Å². The molecule has 0 atom stereocenters. The van der Waals surface area contributed by atoms with Crippen molar-refractivity contribution in [3.63, 3.8) is 0 Å². The summed E-state index contributed by atoms with van der Waals surface area (Å²) in [6, 6.07) is 0.285. The van der Waals surface area contributed by atoms with Crippen molar-refractivity contribution in [1.29, 1.82) is 0 Å². The second-order valence-electron chi connectivity index (χ2n) is 5.69. The van der Waals surface area contributed by atoms with E-state index in [9.17, 15) is 9.59 Å². The van der Waals surface area contributed by atoms with Gasteiger partial charge in [0.05, 0.1) is 5.75 Å². The fourth-order valence-electron chi connectivity index (χ4n) is 1.82. The third kappa shape index (κ3) is 4.95. The van der Waals surface area contributed by atoms with Crippen LogP contribution in [-0.4, -0.2) is 40.4 Å². The minimum Gasteiger partial charge on any atom is -0.355 e. The van der Waals surface area contributed by atoms with Gasteiger partial charge >= 0.3 is 0 Å². The highest BCUT2D eigenvalue weighted by Crippen LogP contribution is 2.36. The largest absolute Gasteiger partial charge is 0.355 e. The fraction of sp³-hybridized carbons (Fsp3) is 0.714. The molecule has 0 bridgehead atoms. The van der Waals surface area contributed by atoms with Crippen LogP contribution in [0.4, 0.5) is 5.13 Å². The average Bonchev–Trinajstić information content (AvgIpc) is 3.21. The van der Waals surface area contributed by atoms with Gasteiger partial charge in [0, 0.05) is 19.0 Å². The molecule has 1 aromatic rings. The van der Waals surface area contributed by atoms with Crippen LogP contribution in [0.1, 0.15) is 40.0 Å². The minimum atomic E-state index is -0.000802. The van der Waals surface area contributed by atoms with E-state index in [1.54, 1.807) is 4.90 Å². The number of hydrogen-bond acceptors (Lipinski definition) is 6. The number of anilines is 1. The van der Waals surface area contributed by atoms with E-state index in [-0.39, 0.29) is 17.9 Å². The van der Waals surface area contributed by atoms with Crippen LogP contribution in [0.5, 0.6) is 0 Å². The topological polar surface area (TPSA) is 75.2 Å². The molecule has 0 aliphatic heterocycles. The Morgan fingerprint density at radius 3 is 2.73 bits per heavy atom. The maximum atomic E-state index is 12.0. The Hall–Kier alpha value is -1.15. The van der Waals surface area contributed by atoms with Gasteiger partial charge in [0.1, 0.15) is 0 Å². The molecule has 0 radical (unpaired) electrons. The number of aromatic nitrogens is 2. The zero-order valence-corrected chi connectivity index (χ0v) is 14.8. The van der Waals surface area contributed by atoms with Crippen molar-refractivity contribution < 1.29 is 9.59 Å². The lowest BCUT2D eigenvalue weighted by Gasteiger charge is -2.17. The molecule has 1 saturated carbocycles. The highest BCUT2D eigenvalue weighted by atomic mass is 32.2. The van der Waals surface area contributed by atoms with E-state index in [1.807, 2.05) is 6.92 Å². The molecule has 8 heteroatoms. The summed E-state index contributed by atoms with van der Waals surface area (Å²) in [4.78, 5) is 25.5. The quantitative estimate of drug-likeness (QED) is 0.579. The monoisotopic (exact) mass is 342 g/mol. The molecular formula is C14H22N4O2S2. The van der Waals surface area contributed by atoms with E-state index in [0.29, 0.717) is 29.8 Å². The summed E-state index contributed by atoms with van der Waals surface area (Å²) in [5.74, 6) is 0.852. The van der Waals surface area contributed by atoms with E-state index in [2.05, 4.69) is 29.4 Å². The summed E-state index contributed by atoms with van der Waals surface area (Å²) in [6.07, 6.45) is 2.53. The molecule has 1 N–H and O–H groups in total. The number of carbonyl (C=O) groups is 2. The van der Waals surface area contributed by atoms with Crippen molar-refractivity contribution in [2.45, 2.75) is 50.4 Å². The number of carbonyl (C=O) groups excluding carboxylic acids is 2. The first-order valence-corrected chi connectivity index (χ1v) is 9.36. The first kappa shape index (κ1) is 17.2. The third-order valence-corrected chi connectivity index (χ3v) is 5.18. The zero-order valence-electron chi connectivity index (χ0n) is 13.2. The van der Waals surface area contributed by atoms with Gasteiger partial charge in [-0.15, -0.1) is 10.2 Å². The van der Waals surface area contributed by atoms with E-state index in [1.165, 1.54) is 23.1 Å². The van der Waals surface area contributed by atoms with Crippen LogP contribution in [0.25, 0.3) is 0 Å². The standard InChI is InChI=1S/C14H22N4O2S2/c1-4-12(20)18(10-5-6-10)13-16-17-14(22-13)21-8-11(19)15-7-9(2)3/h9-10H,4-8H2,1-3H3,(H,15,19). The number of thioether (sulfide) groups is 1. The van der Waals surface area contributed by atoms with Gasteiger partial charge in [-0.25, -0.2) is 0 Å². The van der Waals surface area contributed by atoms with Crippen molar-refractivity contribution in [1.82, 2.24) is 15.5 Å². The molecule has 22 heavy (non-hydrogen) atoms. The number of nitrogens with zero attached hydrogens (tertiary/aromatic N) is 3. The van der Waals surface area contributed by atoms with Crippen molar-refractivity contribution >= 4 is 40.0 Å². The molecule has 6 nitrogen and oxygen atoms in total. The summed E-state index contributed by atoms with van der Waals surface area (Å²) >= 11 is 2.75. The number of nitrogens with one attached hydrogen (secondary N) is 1. The number of rotatable bonds is 8. The second kappa shape index (κ2) is 7.92. The van der Waals surface area contributed by atoms with Crippen LogP contribution in [0.15, 0.2) is 4.34 Å². The molecule has 0 spiro atoms. The molecule has 0 aromatic carbocycles. The minimum absolute atomic E-state index is 0.000802. The van der Waals surface area contributed by atoms with Crippen LogP contribution in [-0.2, 0) is 9.59 Å². The molecule has 2 amide bonds. The van der Waals surface area contributed by atoms with Gasteiger partial charge in [-0.05, 0) is 18.8 Å². The van der Waals surface area contributed by atoms with E-state index in [0.717, 1.165) is 17.2 Å². The Kier molecular flexibility index (Phi) is 6.19. The number of hydrogen-bond donors (Lipinski definition) is 1. The smallest absolute Gasteiger partial charge is 0.230 e. The van der Waals surface area contributed by atoms with Crippen LogP contribution >= 0.6 is 23.1 Å². The van der Waals surface area contributed by atoms with Gasteiger partial charge in [-0.2, -0.15) is 0 Å². The predicted octanol–water partition coefficient (Wildman–Crippen LogP) is 2.31. The summed E-state index contributed by atoms with van der Waals surface area (Å²) in [7, 11) is 0. The molecule has 122 valence electrons. The van der Waals surface area contributed by atoms with Crippen LogP contribution in [0.2, 0.25) is 0 Å². The predicted molar refractivity (Wildman–Crippen MR) is 89.3 cm³/mol. The fourth-order valence-corrected chi connectivity index (χ4v) is 3.58. The SMILES string of the molecule is CCC(=O)N(c1nnc(SCC(=O)NCC(C)C)s1)C1CC1. The summed E-state index contributed by atoms with van der Waals surface area (Å²) in [6.45, 7) is 6.65. The van der Waals surface area contributed by atoms with Gasteiger partial charge in [0.2, 0.25) is 16.9 Å². The van der Waals surface area contributed by atoms with E-state index >= 15 is 0 Å². The Bertz CT molecular complexity index is 529. The first-order valence-electron chi connectivity index (χ1n) is 7.56. The van der Waals surface area contributed by atoms with Crippen LogP contribution in [0, 0.1) is 5.92 Å². The normalized spacial score (nSPS) is 14.2. The highest BCUT2D eigenvalue weighted by Gasteiger charge is 2.35. The number of amides is 2. The third-order valence-electron chi connectivity index (χ3n) is 3.12. The first-order chi connectivity index (χ1) is 10.5. The second-order valence-corrected chi connectivity index (χ2v) is 7.86. The lowest BCUT2D eigenvalue weighted by molar-refractivity contribution is -0.119. The Morgan fingerprint density at radius 2 is 2.14 bits per heavy atom. The van der Waals surface area contributed by atoms with E-state index < -0.39 is 0 Å². The van der Waals surface area contributed by atoms with Gasteiger partial charge in [-0.1, -0.05) is 43.9 Å². The van der Waals surface area contributed by atoms with E-state index in [4.69, 9.17) is 0 Å². The molecule has 2 rings (SSSR count). The molecule has 1 fully saturated rings. The van der Waals surface area contributed by atoms with Crippen LogP contribution < -0.4 is 10.2 Å². The molecule has 1 aliphatic carbocycles. The Balaban J connectivity index is 1.88.